The summed E-state index contributed by atoms with van der Waals surface area (Å²) in [4.78, 5) is 29.0. The van der Waals surface area contributed by atoms with Gasteiger partial charge in [-0.05, 0) is 36.8 Å². The third-order valence-electron chi connectivity index (χ3n) is 5.47. The van der Waals surface area contributed by atoms with Crippen molar-refractivity contribution < 1.29 is 14.0 Å². The Balaban J connectivity index is 1.41. The van der Waals surface area contributed by atoms with E-state index < -0.39 is 0 Å². The molecule has 0 bridgehead atoms. The van der Waals surface area contributed by atoms with Crippen LogP contribution in [0.2, 0.25) is 0 Å². The van der Waals surface area contributed by atoms with Crippen molar-refractivity contribution in [3.05, 3.63) is 84.1 Å². The minimum absolute atomic E-state index is 0.0409. The second-order valence-electron chi connectivity index (χ2n) is 7.41. The quantitative estimate of drug-likeness (QED) is 0.670. The summed E-state index contributed by atoms with van der Waals surface area (Å²) >= 11 is 0. The summed E-state index contributed by atoms with van der Waals surface area (Å²) in [6.45, 7) is 4.17. The Labute approximate surface area is 170 Å². The van der Waals surface area contributed by atoms with Gasteiger partial charge in [0.1, 0.15) is 0 Å². The second-order valence-corrected chi connectivity index (χ2v) is 7.41. The third kappa shape index (κ3) is 4.26. The standard InChI is InChI=1S/C23H25N3O3/c1-18-6-8-19(9-7-18)20(24-10-2-3-11-24)17-22(27)25-12-14-26(15-13-25)23(28)21-5-4-16-29-21/h2-11,16,20H,12-15,17H2,1H3/t20-/m1/s1. The lowest BCUT2D eigenvalue weighted by Crippen LogP contribution is -2.50. The smallest absolute Gasteiger partial charge is 0.289 e. The molecule has 6 heteroatoms. The number of aryl methyl sites for hydroxylation is 1. The van der Waals surface area contributed by atoms with Gasteiger partial charge in [-0.1, -0.05) is 29.8 Å². The molecule has 1 aliphatic rings. The number of rotatable bonds is 5. The molecule has 1 aromatic carbocycles. The molecular formula is C23H25N3O3. The number of carbonyl (C=O) groups excluding carboxylic acids is 2. The van der Waals surface area contributed by atoms with Crippen molar-refractivity contribution in [1.29, 1.82) is 0 Å². The molecule has 2 aromatic heterocycles. The highest BCUT2D eigenvalue weighted by molar-refractivity contribution is 5.91. The molecule has 150 valence electrons. The van der Waals surface area contributed by atoms with E-state index >= 15 is 0 Å². The van der Waals surface area contributed by atoms with E-state index in [2.05, 4.69) is 35.8 Å². The summed E-state index contributed by atoms with van der Waals surface area (Å²) in [5, 5.41) is 0. The Morgan fingerprint density at radius 3 is 2.21 bits per heavy atom. The minimum atomic E-state index is -0.119. The van der Waals surface area contributed by atoms with Crippen molar-refractivity contribution >= 4 is 11.8 Å². The normalized spacial score (nSPS) is 15.3. The maximum atomic E-state index is 13.0. The van der Waals surface area contributed by atoms with Gasteiger partial charge in [-0.15, -0.1) is 0 Å². The summed E-state index contributed by atoms with van der Waals surface area (Å²) in [5.41, 5.74) is 2.32. The van der Waals surface area contributed by atoms with Crippen molar-refractivity contribution in [1.82, 2.24) is 14.4 Å². The summed E-state index contributed by atoms with van der Waals surface area (Å²) < 4.78 is 7.28. The molecule has 0 unspecified atom stereocenters. The SMILES string of the molecule is Cc1ccc([C@@H](CC(=O)N2CCN(C(=O)c3ccco3)CC2)n2cccc2)cc1. The number of benzene rings is 1. The van der Waals surface area contributed by atoms with Gasteiger partial charge in [-0.2, -0.15) is 0 Å². The van der Waals surface area contributed by atoms with Gasteiger partial charge in [-0.3, -0.25) is 9.59 Å². The Hall–Kier alpha value is -3.28. The number of hydrogen-bond acceptors (Lipinski definition) is 3. The highest BCUT2D eigenvalue weighted by Gasteiger charge is 2.28. The summed E-state index contributed by atoms with van der Waals surface area (Å²) in [6.07, 6.45) is 5.89. The molecule has 1 saturated heterocycles. The van der Waals surface area contributed by atoms with E-state index in [0.717, 1.165) is 5.56 Å². The van der Waals surface area contributed by atoms with Crippen LogP contribution in [0.25, 0.3) is 0 Å². The van der Waals surface area contributed by atoms with Gasteiger partial charge in [0.05, 0.1) is 18.7 Å². The van der Waals surface area contributed by atoms with E-state index in [0.29, 0.717) is 38.4 Å². The largest absolute Gasteiger partial charge is 0.459 e. The molecule has 3 heterocycles. The van der Waals surface area contributed by atoms with Crippen LogP contribution in [0.15, 0.2) is 71.6 Å². The van der Waals surface area contributed by atoms with Crippen LogP contribution in [0.4, 0.5) is 0 Å². The first kappa shape index (κ1) is 19.1. The monoisotopic (exact) mass is 391 g/mol. The topological polar surface area (TPSA) is 58.7 Å². The first-order chi connectivity index (χ1) is 14.1. The number of furan rings is 1. The number of amides is 2. The first-order valence-corrected chi connectivity index (χ1v) is 9.91. The number of aromatic nitrogens is 1. The summed E-state index contributed by atoms with van der Waals surface area (Å²) in [5.74, 6) is 0.332. The van der Waals surface area contributed by atoms with Crippen molar-refractivity contribution in [3.63, 3.8) is 0 Å². The minimum Gasteiger partial charge on any atom is -0.459 e. The van der Waals surface area contributed by atoms with Crippen LogP contribution in [0.1, 0.15) is 34.1 Å². The predicted molar refractivity (Wildman–Crippen MR) is 110 cm³/mol. The number of carbonyl (C=O) groups is 2. The zero-order valence-corrected chi connectivity index (χ0v) is 16.5. The van der Waals surface area contributed by atoms with Crippen LogP contribution < -0.4 is 0 Å². The van der Waals surface area contributed by atoms with Gasteiger partial charge < -0.3 is 18.8 Å². The fraction of sp³-hybridized carbons (Fsp3) is 0.304. The summed E-state index contributed by atoms with van der Waals surface area (Å²) in [6, 6.07) is 15.6. The number of nitrogens with zero attached hydrogens (tertiary/aromatic N) is 3. The molecule has 3 aromatic rings. The molecule has 0 saturated carbocycles. The molecule has 1 fully saturated rings. The van der Waals surface area contributed by atoms with Crippen LogP contribution in [-0.4, -0.2) is 52.4 Å². The van der Waals surface area contributed by atoms with Gasteiger partial charge in [0.2, 0.25) is 5.91 Å². The maximum absolute atomic E-state index is 13.0. The molecule has 29 heavy (non-hydrogen) atoms. The van der Waals surface area contributed by atoms with E-state index in [1.165, 1.54) is 11.8 Å². The molecule has 0 radical (unpaired) electrons. The van der Waals surface area contributed by atoms with E-state index in [4.69, 9.17) is 4.42 Å². The van der Waals surface area contributed by atoms with Crippen molar-refractivity contribution in [3.8, 4) is 0 Å². The van der Waals surface area contributed by atoms with Crippen molar-refractivity contribution in [2.24, 2.45) is 0 Å². The lowest BCUT2D eigenvalue weighted by Gasteiger charge is -2.35. The summed E-state index contributed by atoms with van der Waals surface area (Å²) in [7, 11) is 0. The Kier molecular flexibility index (Phi) is 5.51. The van der Waals surface area contributed by atoms with Gasteiger partial charge in [-0.25, -0.2) is 0 Å². The fourth-order valence-corrected chi connectivity index (χ4v) is 3.75. The third-order valence-corrected chi connectivity index (χ3v) is 5.47. The molecule has 6 nitrogen and oxygen atoms in total. The highest BCUT2D eigenvalue weighted by Crippen LogP contribution is 2.24. The zero-order valence-electron chi connectivity index (χ0n) is 16.5. The lowest BCUT2D eigenvalue weighted by atomic mass is 10.0. The van der Waals surface area contributed by atoms with E-state index in [-0.39, 0.29) is 17.9 Å². The average molecular weight is 391 g/mol. The van der Waals surface area contributed by atoms with Crippen molar-refractivity contribution in [2.75, 3.05) is 26.2 Å². The molecule has 2 amide bonds. The average Bonchev–Trinajstić information content (AvgIpc) is 3.46. The van der Waals surface area contributed by atoms with Crippen LogP contribution >= 0.6 is 0 Å². The second kappa shape index (κ2) is 8.39. The predicted octanol–water partition coefficient (Wildman–Crippen LogP) is 3.35. The molecule has 1 aliphatic heterocycles. The van der Waals surface area contributed by atoms with Crippen LogP contribution in [0.3, 0.4) is 0 Å². The van der Waals surface area contributed by atoms with E-state index in [1.807, 2.05) is 29.4 Å². The highest BCUT2D eigenvalue weighted by atomic mass is 16.3. The Bertz CT molecular complexity index is 938. The van der Waals surface area contributed by atoms with E-state index in [9.17, 15) is 9.59 Å². The van der Waals surface area contributed by atoms with Gasteiger partial charge in [0.25, 0.3) is 5.91 Å². The lowest BCUT2D eigenvalue weighted by molar-refractivity contribution is -0.133. The molecule has 4 rings (SSSR count). The Morgan fingerprint density at radius 2 is 1.59 bits per heavy atom. The molecule has 1 atom stereocenters. The zero-order chi connectivity index (χ0) is 20.2. The number of hydrogen-bond donors (Lipinski definition) is 0. The van der Waals surface area contributed by atoms with Crippen molar-refractivity contribution in [2.45, 2.75) is 19.4 Å². The Morgan fingerprint density at radius 1 is 0.931 bits per heavy atom. The molecular weight excluding hydrogens is 366 g/mol. The van der Waals surface area contributed by atoms with Crippen LogP contribution in [-0.2, 0) is 4.79 Å². The van der Waals surface area contributed by atoms with Crippen LogP contribution in [0.5, 0.6) is 0 Å². The molecule has 0 N–H and O–H groups in total. The van der Waals surface area contributed by atoms with E-state index in [1.54, 1.807) is 17.0 Å². The molecule has 0 aliphatic carbocycles. The first-order valence-electron chi connectivity index (χ1n) is 9.91. The number of piperazine rings is 1. The maximum Gasteiger partial charge on any atom is 0.289 e. The molecule has 0 spiro atoms. The van der Waals surface area contributed by atoms with Crippen LogP contribution in [0, 0.1) is 6.92 Å². The fourth-order valence-electron chi connectivity index (χ4n) is 3.75. The van der Waals surface area contributed by atoms with Gasteiger partial charge in [0.15, 0.2) is 5.76 Å². The van der Waals surface area contributed by atoms with Gasteiger partial charge >= 0.3 is 0 Å². The van der Waals surface area contributed by atoms with Gasteiger partial charge in [0, 0.05) is 38.6 Å².